The lowest BCUT2D eigenvalue weighted by atomic mass is 10.0. The van der Waals surface area contributed by atoms with Crippen LogP contribution < -0.4 is 31.9 Å². The van der Waals surface area contributed by atoms with E-state index in [1.54, 1.807) is 70.9 Å². The number of hydrogen-bond donors (Lipinski definition) is 8. The van der Waals surface area contributed by atoms with Crippen LogP contribution in [0.1, 0.15) is 126 Å². The first-order chi connectivity index (χ1) is 39.0. The molecule has 4 atom stereocenters. The number of aryl methyl sites for hydroxylation is 1. The average Bonchev–Trinajstić information content (AvgIpc) is 4.33. The Hall–Kier alpha value is -7.64. The highest BCUT2D eigenvalue weighted by molar-refractivity contribution is 7.15. The number of fused-ring (bicyclic) bond motifs is 14. The second-order valence-electron chi connectivity index (χ2n) is 18.5. The highest BCUT2D eigenvalue weighted by atomic mass is 32.1. The summed E-state index contributed by atoms with van der Waals surface area (Å²) in [6, 6.07) is 9.41. The number of carbonyl (C=O) groups is 7. The fraction of sp³-hybridized carbons (Fsp3) is 0.308. The topological polar surface area (TPSA) is 332 Å². The number of rotatable bonds is 13. The van der Waals surface area contributed by atoms with E-state index >= 15 is 0 Å². The minimum atomic E-state index is -1.28. The number of aromatic nitrogens is 7. The Labute approximate surface area is 486 Å². The Morgan fingerprint density at radius 1 is 0.691 bits per heavy atom. The quantitative estimate of drug-likeness (QED) is 0.0553. The standard InChI is InChI=1S/C52H51N13O10S6/c1-23(2)38-52-65-41(32(81-52)18-75-5)45(73)54-17-36(68)62-42(43(71)25-10-7-6-8-11-25)51-59-31(21-78-51)49-57-29(19-77-49)40-26(14-15-27(55-40)48-61-33(22-79-48)60-34(66)12-9-13-37(69)70)47-58-30(20-76-47)44(72)56-28(16-35(67)53-4)50-64-39(24(3)80-50)46(74)63-38/h6-8,10-11,14-15,19-23,28,38,42-43,71H,9,12-13,16-18H2,1-5H3,(H,53,67)(H,54,73)(H,56,72)(H,60,66)(H,62,68)(H,63,74)(H,69,70)/t28-,38+,42-,43-/m0/s1. The highest BCUT2D eigenvalue weighted by Gasteiger charge is 2.33. The van der Waals surface area contributed by atoms with Crippen molar-refractivity contribution in [3.05, 3.63) is 111 Å². The van der Waals surface area contributed by atoms with Gasteiger partial charge in [0.25, 0.3) is 17.7 Å². The normalized spacial score (nSPS) is 16.4. The molecule has 0 unspecified atom stereocenters. The number of amides is 6. The molecular formula is C52H51N13O10S6. The maximum absolute atomic E-state index is 14.3. The zero-order valence-electron chi connectivity index (χ0n) is 43.7. The van der Waals surface area contributed by atoms with Crippen molar-refractivity contribution in [3.63, 3.8) is 0 Å². The molecule has 0 saturated carbocycles. The fourth-order valence-electron chi connectivity index (χ4n) is 8.25. The predicted molar refractivity (Wildman–Crippen MR) is 307 cm³/mol. The predicted octanol–water partition coefficient (Wildman–Crippen LogP) is 7.51. The van der Waals surface area contributed by atoms with Crippen LogP contribution in [0.25, 0.3) is 43.4 Å². The van der Waals surface area contributed by atoms with Crippen molar-refractivity contribution >= 4 is 115 Å². The van der Waals surface area contributed by atoms with E-state index in [0.717, 1.165) is 22.7 Å². The van der Waals surface area contributed by atoms with Crippen LogP contribution in [0.5, 0.6) is 0 Å². The molecule has 29 heteroatoms. The lowest BCUT2D eigenvalue weighted by Gasteiger charge is -2.23. The third kappa shape index (κ3) is 13.8. The summed E-state index contributed by atoms with van der Waals surface area (Å²) >= 11 is 7.12. The zero-order valence-corrected chi connectivity index (χ0v) is 48.6. The minimum Gasteiger partial charge on any atom is -0.481 e. The van der Waals surface area contributed by atoms with E-state index in [-0.39, 0.29) is 66.1 Å². The molecule has 7 aromatic heterocycles. The maximum Gasteiger partial charge on any atom is 0.303 e. The molecule has 9 rings (SSSR count). The number of ether oxygens (including phenoxy) is 1. The summed E-state index contributed by atoms with van der Waals surface area (Å²) < 4.78 is 5.44. The minimum absolute atomic E-state index is 0.000750. The molecular weight excluding hydrogens is 1160 g/mol. The molecule has 23 nitrogen and oxygen atoms in total. The van der Waals surface area contributed by atoms with Crippen LogP contribution in [-0.2, 0) is 30.5 Å². The molecule has 1 aromatic carbocycles. The summed E-state index contributed by atoms with van der Waals surface area (Å²) in [5, 5.41) is 46.7. The van der Waals surface area contributed by atoms with Crippen molar-refractivity contribution in [1.82, 2.24) is 61.5 Å². The third-order valence-corrected chi connectivity index (χ3v) is 18.0. The van der Waals surface area contributed by atoms with Crippen molar-refractivity contribution in [2.24, 2.45) is 5.92 Å². The Bertz CT molecular complexity index is 3640. The number of aliphatic hydroxyl groups excluding tert-OH is 1. The summed E-state index contributed by atoms with van der Waals surface area (Å²) in [7, 11) is 2.93. The molecule has 10 bridgehead atoms. The lowest BCUT2D eigenvalue weighted by molar-refractivity contribution is -0.137. The molecule has 8 aromatic rings. The smallest absolute Gasteiger partial charge is 0.303 e. The number of methoxy groups -OCH3 is 1. The molecule has 8 heterocycles. The fourth-order valence-corrected chi connectivity index (χ4v) is 13.7. The monoisotopic (exact) mass is 1210 g/mol. The largest absolute Gasteiger partial charge is 0.481 e. The maximum atomic E-state index is 14.3. The van der Waals surface area contributed by atoms with E-state index in [0.29, 0.717) is 68.7 Å². The molecule has 0 aliphatic carbocycles. The van der Waals surface area contributed by atoms with Gasteiger partial charge in [0, 0.05) is 59.0 Å². The molecule has 81 heavy (non-hydrogen) atoms. The summed E-state index contributed by atoms with van der Waals surface area (Å²) in [6.07, 6.45) is -1.51. The molecule has 420 valence electrons. The number of carboxylic acid groups (broad SMARTS) is 1. The van der Waals surface area contributed by atoms with Gasteiger partial charge < -0.3 is 46.9 Å². The number of nitrogens with zero attached hydrogens (tertiary/aromatic N) is 7. The van der Waals surface area contributed by atoms with Crippen LogP contribution in [0.4, 0.5) is 5.82 Å². The zero-order chi connectivity index (χ0) is 57.5. The molecule has 0 radical (unpaired) electrons. The lowest BCUT2D eigenvalue weighted by Crippen LogP contribution is -2.40. The van der Waals surface area contributed by atoms with Crippen LogP contribution in [0.15, 0.2) is 64.0 Å². The van der Waals surface area contributed by atoms with Crippen molar-refractivity contribution in [2.75, 3.05) is 26.0 Å². The SMILES string of the molecule is CNC(=O)C[C@@H]1NC(=O)c2csc(n2)-c2ccc(-c3nc(NC(=O)CCCC(=O)O)cs3)nc2-c2csc(n2)-c2csc(n2)[C@H]([C@@H](O)c2ccccc2)NC(=O)CNC(=O)c2nc(sc2COC)[C@@H](C(C)C)NC(=O)c2nc1sc2C. The number of benzene rings is 1. The Morgan fingerprint density at radius 2 is 1.41 bits per heavy atom. The molecule has 0 spiro atoms. The van der Waals surface area contributed by atoms with Gasteiger partial charge in [0.15, 0.2) is 0 Å². The van der Waals surface area contributed by atoms with Crippen molar-refractivity contribution < 1.29 is 48.5 Å². The van der Waals surface area contributed by atoms with E-state index < -0.39 is 72.2 Å². The van der Waals surface area contributed by atoms with Crippen LogP contribution in [0.2, 0.25) is 0 Å². The number of carboxylic acids is 1. The van der Waals surface area contributed by atoms with Crippen LogP contribution >= 0.6 is 68.0 Å². The number of thiazole rings is 6. The Balaban J connectivity index is 1.12. The highest BCUT2D eigenvalue weighted by Crippen LogP contribution is 2.40. The molecule has 1 aliphatic rings. The summed E-state index contributed by atoms with van der Waals surface area (Å²) in [5.74, 6) is -4.30. The summed E-state index contributed by atoms with van der Waals surface area (Å²) in [5.41, 5.74) is 2.62. The van der Waals surface area contributed by atoms with Gasteiger partial charge in [-0.1, -0.05) is 44.2 Å². The van der Waals surface area contributed by atoms with Gasteiger partial charge in [0.2, 0.25) is 17.7 Å². The molecule has 8 N–H and O–H groups in total. The number of hydrogen-bond acceptors (Lipinski definition) is 22. The first kappa shape index (κ1) is 58.0. The van der Waals surface area contributed by atoms with Crippen molar-refractivity contribution in [1.29, 1.82) is 0 Å². The van der Waals surface area contributed by atoms with E-state index in [1.807, 2.05) is 13.8 Å². The second kappa shape index (κ2) is 25.9. The average molecular weight is 1210 g/mol. The first-order valence-corrected chi connectivity index (χ1v) is 30.1. The van der Waals surface area contributed by atoms with E-state index in [1.165, 1.54) is 59.5 Å². The molecule has 0 saturated heterocycles. The number of nitrogens with one attached hydrogen (secondary N) is 6. The van der Waals surface area contributed by atoms with Crippen LogP contribution in [-0.4, -0.2) is 107 Å². The van der Waals surface area contributed by atoms with Crippen LogP contribution in [0, 0.1) is 12.8 Å². The van der Waals surface area contributed by atoms with Crippen LogP contribution in [0.3, 0.4) is 0 Å². The molecule has 6 amide bonds. The van der Waals surface area contributed by atoms with E-state index in [2.05, 4.69) is 46.9 Å². The Kier molecular flexibility index (Phi) is 18.5. The van der Waals surface area contributed by atoms with Gasteiger partial charge >= 0.3 is 5.97 Å². The van der Waals surface area contributed by atoms with Gasteiger partial charge in [-0.25, -0.2) is 34.9 Å². The number of pyridine rings is 1. The van der Waals surface area contributed by atoms with Gasteiger partial charge in [-0.2, -0.15) is 0 Å². The van der Waals surface area contributed by atoms with Gasteiger partial charge in [0.1, 0.15) is 82.2 Å². The number of carbonyl (C=O) groups excluding carboxylic acids is 6. The van der Waals surface area contributed by atoms with E-state index in [4.69, 9.17) is 29.8 Å². The van der Waals surface area contributed by atoms with Gasteiger partial charge in [-0.15, -0.1) is 68.0 Å². The van der Waals surface area contributed by atoms with E-state index in [9.17, 15) is 38.7 Å². The van der Waals surface area contributed by atoms with Gasteiger partial charge in [-0.05, 0) is 37.0 Å². The third-order valence-electron chi connectivity index (χ3n) is 12.3. The summed E-state index contributed by atoms with van der Waals surface area (Å²) in [4.78, 5) is 128. The Morgan fingerprint density at radius 3 is 2.16 bits per heavy atom. The molecule has 0 fully saturated rings. The number of anilines is 1. The van der Waals surface area contributed by atoms with Crippen molar-refractivity contribution in [2.45, 2.75) is 77.3 Å². The van der Waals surface area contributed by atoms with Gasteiger partial charge in [-0.3, -0.25) is 33.6 Å². The number of aliphatic hydroxyl groups is 1. The van der Waals surface area contributed by atoms with Gasteiger partial charge in [0.05, 0.1) is 42.2 Å². The molecule has 1 aliphatic heterocycles. The summed E-state index contributed by atoms with van der Waals surface area (Å²) in [6.45, 7) is 4.94. The first-order valence-electron chi connectivity index (χ1n) is 24.9. The number of aliphatic carboxylic acids is 1. The second-order valence-corrected chi connectivity index (χ2v) is 24.3. The van der Waals surface area contributed by atoms with Crippen molar-refractivity contribution in [3.8, 4) is 43.4 Å².